The molecule has 1 nitrogen and oxygen atoms in total. The number of rotatable bonds is 5. The van der Waals surface area contributed by atoms with Crippen molar-refractivity contribution in [3.63, 3.8) is 0 Å². The lowest BCUT2D eigenvalue weighted by Crippen LogP contribution is -2.06. The average Bonchev–Trinajstić information content (AvgIpc) is 2.57. The first-order chi connectivity index (χ1) is 5.83. The van der Waals surface area contributed by atoms with E-state index in [9.17, 15) is 0 Å². The lowest BCUT2D eigenvalue weighted by Gasteiger charge is -2.10. The summed E-state index contributed by atoms with van der Waals surface area (Å²) in [5.41, 5.74) is 0. The quantitative estimate of drug-likeness (QED) is 0.715. The molecule has 0 aromatic heterocycles. The molecule has 0 radical (unpaired) electrons. The van der Waals surface area contributed by atoms with E-state index in [1.54, 1.807) is 0 Å². The Morgan fingerprint density at radius 3 is 2.67 bits per heavy atom. The Balaban J connectivity index is 1.94. The molecule has 0 bridgehead atoms. The molecule has 0 aliphatic heterocycles. The van der Waals surface area contributed by atoms with Crippen molar-refractivity contribution in [3.8, 4) is 0 Å². The molecule has 12 heavy (non-hydrogen) atoms. The molecule has 0 spiro atoms. The van der Waals surface area contributed by atoms with Crippen molar-refractivity contribution >= 4 is 11.8 Å². The molecule has 72 valence electrons. The Morgan fingerprint density at radius 2 is 2.08 bits per heavy atom. The summed E-state index contributed by atoms with van der Waals surface area (Å²) >= 11 is 2.02. The summed E-state index contributed by atoms with van der Waals surface area (Å²) in [7, 11) is 0. The van der Waals surface area contributed by atoms with Gasteiger partial charge >= 0.3 is 0 Å². The van der Waals surface area contributed by atoms with E-state index in [-0.39, 0.29) is 0 Å². The maximum Gasteiger partial charge on any atom is 0.0464 e. The molecule has 0 amide bonds. The van der Waals surface area contributed by atoms with E-state index in [1.807, 2.05) is 11.8 Å². The predicted molar refractivity (Wildman–Crippen MR) is 55.5 cm³/mol. The van der Waals surface area contributed by atoms with Gasteiger partial charge in [-0.05, 0) is 36.2 Å². The van der Waals surface area contributed by atoms with Crippen molar-refractivity contribution < 1.29 is 5.11 Å². The van der Waals surface area contributed by atoms with Crippen molar-refractivity contribution in [1.29, 1.82) is 0 Å². The fourth-order valence-corrected chi connectivity index (χ4v) is 2.98. The van der Waals surface area contributed by atoms with Gasteiger partial charge in [0, 0.05) is 6.61 Å². The monoisotopic (exact) mass is 188 g/mol. The van der Waals surface area contributed by atoms with Crippen LogP contribution in [-0.4, -0.2) is 23.2 Å². The first kappa shape index (κ1) is 10.4. The number of hydrogen-bond donors (Lipinski definition) is 1. The lowest BCUT2D eigenvalue weighted by atomic mass is 10.1. The van der Waals surface area contributed by atoms with E-state index >= 15 is 0 Å². The zero-order valence-electron chi connectivity index (χ0n) is 7.96. The maximum atomic E-state index is 8.81. The smallest absolute Gasteiger partial charge is 0.0464 e. The Bertz CT molecular complexity index is 110. The van der Waals surface area contributed by atoms with E-state index in [0.717, 1.165) is 11.7 Å². The van der Waals surface area contributed by atoms with Gasteiger partial charge < -0.3 is 5.11 Å². The van der Waals surface area contributed by atoms with Gasteiger partial charge in [0.05, 0.1) is 0 Å². The van der Waals surface area contributed by atoms with Gasteiger partial charge in [0.15, 0.2) is 0 Å². The van der Waals surface area contributed by atoms with Crippen molar-refractivity contribution in [3.05, 3.63) is 0 Å². The van der Waals surface area contributed by atoms with Crippen molar-refractivity contribution in [1.82, 2.24) is 0 Å². The van der Waals surface area contributed by atoms with Gasteiger partial charge in [0.1, 0.15) is 0 Å². The van der Waals surface area contributed by atoms with Gasteiger partial charge in [-0.25, -0.2) is 0 Å². The second-order valence-corrected chi connectivity index (χ2v) is 5.05. The third-order valence-corrected chi connectivity index (χ3v) is 4.05. The third-order valence-electron chi connectivity index (χ3n) is 2.54. The van der Waals surface area contributed by atoms with Crippen LogP contribution in [0.3, 0.4) is 0 Å². The summed E-state index contributed by atoms with van der Waals surface area (Å²) in [5.74, 6) is 3.93. The summed E-state index contributed by atoms with van der Waals surface area (Å²) in [6.07, 6.45) is 5.78. The fraction of sp³-hybridized carbons (Fsp3) is 1.00. The zero-order valence-corrected chi connectivity index (χ0v) is 8.78. The first-order valence-corrected chi connectivity index (χ1v) is 6.17. The van der Waals surface area contributed by atoms with Crippen LogP contribution >= 0.6 is 11.8 Å². The summed E-state index contributed by atoms with van der Waals surface area (Å²) in [6, 6.07) is 0. The van der Waals surface area contributed by atoms with E-state index in [1.165, 1.54) is 31.4 Å². The van der Waals surface area contributed by atoms with Crippen LogP contribution in [-0.2, 0) is 0 Å². The number of aliphatic hydroxyl groups is 1. The molecule has 1 rings (SSSR count). The summed E-state index contributed by atoms with van der Waals surface area (Å²) in [6.45, 7) is 2.46. The minimum absolute atomic E-state index is 0.345. The van der Waals surface area contributed by atoms with Gasteiger partial charge in [-0.2, -0.15) is 11.8 Å². The highest BCUT2D eigenvalue weighted by atomic mass is 32.2. The minimum Gasteiger partial charge on any atom is -0.396 e. The maximum absolute atomic E-state index is 8.81. The highest BCUT2D eigenvalue weighted by Gasteiger charge is 2.14. The summed E-state index contributed by atoms with van der Waals surface area (Å²) < 4.78 is 0. The second kappa shape index (κ2) is 5.87. The lowest BCUT2D eigenvalue weighted by molar-refractivity contribution is 0.250. The second-order valence-electron chi connectivity index (χ2n) is 3.98. The largest absolute Gasteiger partial charge is 0.396 e. The van der Waals surface area contributed by atoms with Crippen LogP contribution in [0.1, 0.15) is 32.6 Å². The van der Waals surface area contributed by atoms with Gasteiger partial charge in [0.2, 0.25) is 0 Å². The number of aliphatic hydroxyl groups excluding tert-OH is 1. The molecule has 0 saturated heterocycles. The van der Waals surface area contributed by atoms with Crippen LogP contribution in [0.4, 0.5) is 0 Å². The van der Waals surface area contributed by atoms with Crippen LogP contribution in [0.5, 0.6) is 0 Å². The van der Waals surface area contributed by atoms with Crippen LogP contribution in [0.15, 0.2) is 0 Å². The molecule has 1 N–H and O–H groups in total. The molecule has 1 fully saturated rings. The molecule has 0 heterocycles. The Morgan fingerprint density at radius 1 is 1.42 bits per heavy atom. The van der Waals surface area contributed by atoms with Crippen LogP contribution < -0.4 is 0 Å². The number of thioether (sulfide) groups is 1. The van der Waals surface area contributed by atoms with Crippen LogP contribution in [0, 0.1) is 11.8 Å². The highest BCUT2D eigenvalue weighted by molar-refractivity contribution is 7.99. The Labute approximate surface area is 79.9 Å². The van der Waals surface area contributed by atoms with Crippen molar-refractivity contribution in [2.24, 2.45) is 11.8 Å². The summed E-state index contributed by atoms with van der Waals surface area (Å²) in [4.78, 5) is 0. The first-order valence-electron chi connectivity index (χ1n) is 5.01. The Hall–Kier alpha value is 0.310. The van der Waals surface area contributed by atoms with Crippen LogP contribution in [0.25, 0.3) is 0 Å². The van der Waals surface area contributed by atoms with Crippen molar-refractivity contribution in [2.75, 3.05) is 18.1 Å². The minimum atomic E-state index is 0.345. The predicted octanol–water partition coefficient (Wildman–Crippen LogP) is 2.54. The standard InChI is InChI=1S/C10H20OS/c1-9(6-11)7-12-8-10-4-2-3-5-10/h9-11H,2-8H2,1H3. The number of hydrogen-bond acceptors (Lipinski definition) is 2. The molecule has 2 heteroatoms. The molecular formula is C10H20OS. The van der Waals surface area contributed by atoms with Crippen molar-refractivity contribution in [2.45, 2.75) is 32.6 Å². The highest BCUT2D eigenvalue weighted by Crippen LogP contribution is 2.28. The molecular weight excluding hydrogens is 168 g/mol. The molecule has 0 aromatic rings. The summed E-state index contributed by atoms with van der Waals surface area (Å²) in [5, 5.41) is 8.81. The zero-order chi connectivity index (χ0) is 8.81. The molecule has 1 atom stereocenters. The molecule has 1 aliphatic rings. The Kier molecular flexibility index (Phi) is 5.08. The molecule has 1 aliphatic carbocycles. The van der Waals surface area contributed by atoms with E-state index in [0.29, 0.717) is 12.5 Å². The van der Waals surface area contributed by atoms with E-state index in [2.05, 4.69) is 6.92 Å². The molecule has 1 unspecified atom stereocenters. The van der Waals surface area contributed by atoms with Gasteiger partial charge in [0.25, 0.3) is 0 Å². The third kappa shape index (κ3) is 3.81. The van der Waals surface area contributed by atoms with Gasteiger partial charge in [-0.3, -0.25) is 0 Å². The van der Waals surface area contributed by atoms with E-state index < -0.39 is 0 Å². The fourth-order valence-electron chi connectivity index (χ4n) is 1.67. The van der Waals surface area contributed by atoms with E-state index in [4.69, 9.17) is 5.11 Å². The van der Waals surface area contributed by atoms with Gasteiger partial charge in [-0.15, -0.1) is 0 Å². The SMILES string of the molecule is CC(CO)CSCC1CCCC1. The normalized spacial score (nSPS) is 21.5. The topological polar surface area (TPSA) is 20.2 Å². The van der Waals surface area contributed by atoms with Crippen LogP contribution in [0.2, 0.25) is 0 Å². The molecule has 1 saturated carbocycles. The van der Waals surface area contributed by atoms with Gasteiger partial charge in [-0.1, -0.05) is 19.8 Å². The average molecular weight is 188 g/mol. The molecule has 0 aromatic carbocycles.